The Morgan fingerprint density at radius 3 is 2.26 bits per heavy atom. The average Bonchev–Trinajstić information content (AvgIpc) is 2.95. The number of nitrogens with one attached hydrogen (secondary N) is 3. The Kier molecular flexibility index (Phi) is 11.9. The summed E-state index contributed by atoms with van der Waals surface area (Å²) in [6, 6.07) is 16.2. The van der Waals surface area contributed by atoms with E-state index in [4.69, 9.17) is 14.7 Å². The lowest BCUT2D eigenvalue weighted by atomic mass is 10.0. The van der Waals surface area contributed by atoms with Gasteiger partial charge in [-0.1, -0.05) is 12.1 Å². The molecular formula is C30H31F5N4O3. The van der Waals surface area contributed by atoms with Crippen LogP contribution in [0.5, 0.6) is 11.5 Å². The molecule has 42 heavy (non-hydrogen) atoms. The number of nitrogens with zero attached hydrogens (tertiary/aromatic N) is 1. The Hall–Kier alpha value is -4.37. The zero-order chi connectivity index (χ0) is 30.6. The predicted octanol–water partition coefficient (Wildman–Crippen LogP) is 6.45. The van der Waals surface area contributed by atoms with Gasteiger partial charge in [-0.15, -0.1) is 0 Å². The van der Waals surface area contributed by atoms with Gasteiger partial charge in [0.1, 0.15) is 19.0 Å². The van der Waals surface area contributed by atoms with E-state index in [1.54, 1.807) is 49.5 Å². The summed E-state index contributed by atoms with van der Waals surface area (Å²) in [7, 11) is 1.59. The first-order valence-corrected chi connectivity index (χ1v) is 13.1. The van der Waals surface area contributed by atoms with Gasteiger partial charge >= 0.3 is 0 Å². The van der Waals surface area contributed by atoms with Crippen molar-refractivity contribution in [2.24, 2.45) is 0 Å². The van der Waals surface area contributed by atoms with Crippen molar-refractivity contribution in [1.29, 1.82) is 5.26 Å². The molecule has 0 spiro atoms. The molecule has 0 bridgehead atoms. The Labute approximate surface area is 240 Å². The molecule has 1 atom stereocenters. The first kappa shape index (κ1) is 32.1. The summed E-state index contributed by atoms with van der Waals surface area (Å²) >= 11 is 0. The highest BCUT2D eigenvalue weighted by Gasteiger charge is 2.17. The van der Waals surface area contributed by atoms with Crippen LogP contribution in [0.15, 0.2) is 54.6 Å². The number of anilines is 2. The largest absolute Gasteiger partial charge is 0.487 e. The van der Waals surface area contributed by atoms with Gasteiger partial charge in [0, 0.05) is 42.0 Å². The number of carbonyl (C=O) groups is 1. The number of ether oxygens (including phenoxy) is 2. The summed E-state index contributed by atoms with van der Waals surface area (Å²) in [4.78, 5) is 12.8. The fourth-order valence-corrected chi connectivity index (χ4v) is 4.16. The number of aryl methyl sites for hydroxylation is 1. The van der Waals surface area contributed by atoms with E-state index >= 15 is 0 Å². The first-order valence-electron chi connectivity index (χ1n) is 13.1. The highest BCUT2D eigenvalue weighted by atomic mass is 19.3. The van der Waals surface area contributed by atoms with Crippen LogP contribution in [0.1, 0.15) is 41.6 Å². The van der Waals surface area contributed by atoms with Gasteiger partial charge in [-0.3, -0.25) is 4.79 Å². The van der Waals surface area contributed by atoms with E-state index in [0.29, 0.717) is 11.1 Å². The van der Waals surface area contributed by atoms with Gasteiger partial charge in [0.15, 0.2) is 11.6 Å². The molecule has 0 radical (unpaired) electrons. The second-order valence-electron chi connectivity index (χ2n) is 9.35. The van der Waals surface area contributed by atoms with Gasteiger partial charge in [0.2, 0.25) is 5.91 Å². The van der Waals surface area contributed by atoms with E-state index in [2.05, 4.69) is 22.0 Å². The summed E-state index contributed by atoms with van der Waals surface area (Å²) < 4.78 is 75.7. The SMILES string of the molecule is CNCc1cc(NC(=O)CCc2cc(C(C)Nc3ccc(C#N)cc3)ccc2OCC(F)F)cc(F)c1OCC(F)F. The molecule has 3 aromatic rings. The molecule has 3 rings (SSSR count). The minimum absolute atomic E-state index is 0.0848. The van der Waals surface area contributed by atoms with Crippen LogP contribution in [-0.4, -0.2) is 39.0 Å². The molecule has 0 aromatic heterocycles. The summed E-state index contributed by atoms with van der Waals surface area (Å²) in [6.07, 6.45) is -5.43. The number of hydrogen-bond acceptors (Lipinski definition) is 6. The van der Waals surface area contributed by atoms with Crippen molar-refractivity contribution < 1.29 is 36.2 Å². The molecule has 1 amide bonds. The van der Waals surface area contributed by atoms with Crippen LogP contribution in [0, 0.1) is 17.1 Å². The smallest absolute Gasteiger partial charge is 0.272 e. The molecule has 224 valence electrons. The third kappa shape index (κ3) is 9.62. The Morgan fingerprint density at radius 1 is 0.929 bits per heavy atom. The monoisotopic (exact) mass is 590 g/mol. The van der Waals surface area contributed by atoms with Gasteiger partial charge in [-0.05, 0) is 67.9 Å². The molecule has 0 heterocycles. The Morgan fingerprint density at radius 2 is 1.62 bits per heavy atom. The van der Waals surface area contributed by atoms with Gasteiger partial charge in [0.25, 0.3) is 12.9 Å². The third-order valence-corrected chi connectivity index (χ3v) is 6.09. The van der Waals surface area contributed by atoms with E-state index in [-0.39, 0.29) is 48.2 Å². The number of rotatable bonds is 15. The predicted molar refractivity (Wildman–Crippen MR) is 149 cm³/mol. The zero-order valence-corrected chi connectivity index (χ0v) is 23.0. The second kappa shape index (κ2) is 15.6. The molecular weight excluding hydrogens is 559 g/mol. The van der Waals surface area contributed by atoms with Gasteiger partial charge < -0.3 is 25.4 Å². The van der Waals surface area contributed by atoms with Crippen LogP contribution in [0.25, 0.3) is 0 Å². The first-order chi connectivity index (χ1) is 20.1. The van der Waals surface area contributed by atoms with E-state index in [1.165, 1.54) is 6.07 Å². The molecule has 3 aromatic carbocycles. The van der Waals surface area contributed by atoms with Crippen LogP contribution in [0.4, 0.5) is 33.3 Å². The molecule has 7 nitrogen and oxygen atoms in total. The zero-order valence-electron chi connectivity index (χ0n) is 23.0. The molecule has 0 saturated heterocycles. The molecule has 1 unspecified atom stereocenters. The van der Waals surface area contributed by atoms with Gasteiger partial charge in [-0.25, -0.2) is 22.0 Å². The highest BCUT2D eigenvalue weighted by molar-refractivity contribution is 5.91. The fourth-order valence-electron chi connectivity index (χ4n) is 4.16. The van der Waals surface area contributed by atoms with E-state index in [0.717, 1.165) is 17.3 Å². The van der Waals surface area contributed by atoms with E-state index in [1.807, 2.05) is 6.92 Å². The summed E-state index contributed by atoms with van der Waals surface area (Å²) in [6.45, 7) is 0.211. The number of carbonyl (C=O) groups excluding carboxylic acids is 1. The van der Waals surface area contributed by atoms with Crippen molar-refractivity contribution in [2.45, 2.75) is 45.2 Å². The quantitative estimate of drug-likeness (QED) is 0.176. The molecule has 12 heteroatoms. The van der Waals surface area contributed by atoms with Crippen molar-refractivity contribution >= 4 is 17.3 Å². The minimum atomic E-state index is -2.78. The lowest BCUT2D eigenvalue weighted by Gasteiger charge is -2.19. The number of alkyl halides is 4. The maximum absolute atomic E-state index is 14.7. The number of nitriles is 1. The average molecular weight is 591 g/mol. The Bertz CT molecular complexity index is 1380. The van der Waals surface area contributed by atoms with Gasteiger partial charge in [0.05, 0.1) is 11.6 Å². The van der Waals surface area contributed by atoms with E-state index < -0.39 is 37.8 Å². The van der Waals surface area contributed by atoms with Crippen LogP contribution < -0.4 is 25.4 Å². The number of hydrogen-bond donors (Lipinski definition) is 3. The molecule has 0 aliphatic carbocycles. The van der Waals surface area contributed by atoms with Gasteiger partial charge in [-0.2, -0.15) is 5.26 Å². The normalized spacial score (nSPS) is 11.7. The minimum Gasteiger partial charge on any atom is -0.487 e. The van der Waals surface area contributed by atoms with Crippen molar-refractivity contribution in [3.63, 3.8) is 0 Å². The summed E-state index contributed by atoms with van der Waals surface area (Å²) in [5.41, 5.74) is 2.97. The lowest BCUT2D eigenvalue weighted by Crippen LogP contribution is -2.16. The van der Waals surface area contributed by atoms with Crippen LogP contribution in [-0.2, 0) is 17.8 Å². The highest BCUT2D eigenvalue weighted by Crippen LogP contribution is 2.30. The molecule has 0 aliphatic heterocycles. The Balaban J connectivity index is 1.74. The second-order valence-corrected chi connectivity index (χ2v) is 9.35. The standard InChI is InChI=1S/C30H31F5N4O3/c1-18(38-23-7-3-19(14-36)4-8-23)20-5-9-26(41-16-27(32)33)21(11-20)6-10-29(40)39-24-12-22(15-37-2)30(25(31)13-24)42-17-28(34)35/h3-5,7-9,11-13,18,27-28,37-38H,6,10,15-17H2,1-2H3,(H,39,40). The number of halogens is 5. The van der Waals surface area contributed by atoms with Crippen LogP contribution in [0.2, 0.25) is 0 Å². The summed E-state index contributed by atoms with van der Waals surface area (Å²) in [5, 5.41) is 17.7. The van der Waals surface area contributed by atoms with Crippen LogP contribution in [0.3, 0.4) is 0 Å². The van der Waals surface area contributed by atoms with Crippen molar-refractivity contribution in [2.75, 3.05) is 30.9 Å². The number of amides is 1. The third-order valence-electron chi connectivity index (χ3n) is 6.09. The van der Waals surface area contributed by atoms with Crippen LogP contribution >= 0.6 is 0 Å². The van der Waals surface area contributed by atoms with E-state index in [9.17, 15) is 26.7 Å². The molecule has 0 fully saturated rings. The topological polar surface area (TPSA) is 95.4 Å². The molecule has 0 aliphatic rings. The number of benzene rings is 3. The maximum Gasteiger partial charge on any atom is 0.272 e. The van der Waals surface area contributed by atoms with Crippen molar-refractivity contribution in [3.05, 3.63) is 82.7 Å². The van der Waals surface area contributed by atoms with Crippen molar-refractivity contribution in [1.82, 2.24) is 5.32 Å². The molecule has 3 N–H and O–H groups in total. The lowest BCUT2D eigenvalue weighted by molar-refractivity contribution is -0.116. The summed E-state index contributed by atoms with van der Waals surface area (Å²) in [5.74, 6) is -1.51. The molecule has 0 saturated carbocycles. The fraction of sp³-hybridized carbons (Fsp3) is 0.333. The van der Waals surface area contributed by atoms with Crippen molar-refractivity contribution in [3.8, 4) is 17.6 Å². The maximum atomic E-state index is 14.7.